The van der Waals surface area contributed by atoms with Crippen LogP contribution < -0.4 is 15.2 Å². The normalized spacial score (nSPS) is 12.0. The van der Waals surface area contributed by atoms with Crippen molar-refractivity contribution in [2.24, 2.45) is 5.73 Å². The number of hydrogen-bond acceptors (Lipinski definition) is 3. The molecule has 0 saturated carbocycles. The van der Waals surface area contributed by atoms with Gasteiger partial charge in [0, 0.05) is 16.1 Å². The fourth-order valence-corrected chi connectivity index (χ4v) is 2.19. The zero-order valence-electron chi connectivity index (χ0n) is 10.9. The third-order valence-electron chi connectivity index (χ3n) is 3.00. The summed E-state index contributed by atoms with van der Waals surface area (Å²) in [6.07, 6.45) is 0. The molecule has 0 fully saturated rings. The number of rotatable bonds is 4. The van der Waals surface area contributed by atoms with Crippen molar-refractivity contribution in [2.75, 3.05) is 14.2 Å². The van der Waals surface area contributed by atoms with Gasteiger partial charge in [-0.25, -0.2) is 0 Å². The van der Waals surface area contributed by atoms with Gasteiger partial charge in [-0.05, 0) is 29.8 Å². The molecule has 0 spiro atoms. The molecular weight excluding hydrogens is 306 g/mol. The molecule has 0 bridgehead atoms. The molecule has 0 aliphatic heterocycles. The van der Waals surface area contributed by atoms with Gasteiger partial charge in [0.15, 0.2) is 0 Å². The van der Waals surface area contributed by atoms with E-state index in [1.807, 2.05) is 42.5 Å². The van der Waals surface area contributed by atoms with Gasteiger partial charge in [-0.3, -0.25) is 0 Å². The summed E-state index contributed by atoms with van der Waals surface area (Å²) < 4.78 is 11.6. The van der Waals surface area contributed by atoms with Gasteiger partial charge >= 0.3 is 0 Å². The minimum absolute atomic E-state index is 0.228. The van der Waals surface area contributed by atoms with Crippen molar-refractivity contribution >= 4 is 15.9 Å². The second kappa shape index (κ2) is 6.08. The molecule has 0 aromatic heterocycles. The Morgan fingerprint density at radius 1 is 1.00 bits per heavy atom. The Labute approximate surface area is 121 Å². The van der Waals surface area contributed by atoms with Crippen molar-refractivity contribution in [3.8, 4) is 11.5 Å². The maximum atomic E-state index is 6.30. The highest BCUT2D eigenvalue weighted by Crippen LogP contribution is 2.31. The van der Waals surface area contributed by atoms with Gasteiger partial charge in [0.05, 0.1) is 20.3 Å². The van der Waals surface area contributed by atoms with Crippen molar-refractivity contribution in [1.82, 2.24) is 0 Å². The second-order valence-electron chi connectivity index (χ2n) is 4.14. The van der Waals surface area contributed by atoms with Crippen molar-refractivity contribution < 1.29 is 9.47 Å². The Morgan fingerprint density at radius 2 is 1.68 bits per heavy atom. The molecule has 1 unspecified atom stereocenters. The fourth-order valence-electron chi connectivity index (χ4n) is 1.93. The van der Waals surface area contributed by atoms with Crippen LogP contribution in [0.25, 0.3) is 0 Å². The van der Waals surface area contributed by atoms with Crippen molar-refractivity contribution in [1.29, 1.82) is 0 Å². The summed E-state index contributed by atoms with van der Waals surface area (Å²) in [5, 5.41) is 0. The predicted molar refractivity (Wildman–Crippen MR) is 79.7 cm³/mol. The molecule has 1 atom stereocenters. The Kier molecular flexibility index (Phi) is 4.45. The highest BCUT2D eigenvalue weighted by atomic mass is 79.9. The number of methoxy groups -OCH3 is 2. The Balaban J connectivity index is 2.37. The van der Waals surface area contributed by atoms with E-state index < -0.39 is 0 Å². The molecule has 2 N–H and O–H groups in total. The van der Waals surface area contributed by atoms with Gasteiger partial charge in [0.25, 0.3) is 0 Å². The molecule has 0 amide bonds. The highest BCUT2D eigenvalue weighted by Gasteiger charge is 2.14. The Hall–Kier alpha value is -1.52. The summed E-state index contributed by atoms with van der Waals surface area (Å²) in [6, 6.07) is 13.4. The molecule has 2 aromatic rings. The molecule has 3 nitrogen and oxygen atoms in total. The summed E-state index contributed by atoms with van der Waals surface area (Å²) in [6.45, 7) is 0. The third kappa shape index (κ3) is 3.08. The van der Waals surface area contributed by atoms with Crippen LogP contribution in [0.4, 0.5) is 0 Å². The lowest BCUT2D eigenvalue weighted by molar-refractivity contribution is 0.390. The zero-order chi connectivity index (χ0) is 13.8. The van der Waals surface area contributed by atoms with Crippen LogP contribution in [0.5, 0.6) is 11.5 Å². The number of halogens is 1. The van der Waals surface area contributed by atoms with Gasteiger partial charge < -0.3 is 15.2 Å². The van der Waals surface area contributed by atoms with Crippen molar-refractivity contribution in [3.63, 3.8) is 0 Å². The lowest BCUT2D eigenvalue weighted by atomic mass is 9.98. The first-order chi connectivity index (χ1) is 9.15. The van der Waals surface area contributed by atoms with Gasteiger partial charge in [-0.2, -0.15) is 0 Å². The zero-order valence-corrected chi connectivity index (χ0v) is 12.5. The van der Waals surface area contributed by atoms with Crippen molar-refractivity contribution in [3.05, 3.63) is 58.1 Å². The fraction of sp³-hybridized carbons (Fsp3) is 0.200. The second-order valence-corrected chi connectivity index (χ2v) is 5.05. The van der Waals surface area contributed by atoms with E-state index in [9.17, 15) is 0 Å². The highest BCUT2D eigenvalue weighted by molar-refractivity contribution is 9.10. The van der Waals surface area contributed by atoms with Gasteiger partial charge in [0.1, 0.15) is 11.5 Å². The van der Waals surface area contributed by atoms with E-state index in [-0.39, 0.29) is 6.04 Å². The molecule has 100 valence electrons. The molecule has 0 radical (unpaired) electrons. The van der Waals surface area contributed by atoms with Crippen LogP contribution in [-0.2, 0) is 0 Å². The van der Waals surface area contributed by atoms with E-state index in [4.69, 9.17) is 15.2 Å². The van der Waals surface area contributed by atoms with E-state index in [0.29, 0.717) is 0 Å². The van der Waals surface area contributed by atoms with E-state index >= 15 is 0 Å². The quantitative estimate of drug-likeness (QED) is 0.937. The molecule has 0 heterocycles. The molecule has 2 rings (SSSR count). The number of ether oxygens (including phenoxy) is 2. The first-order valence-corrected chi connectivity index (χ1v) is 6.68. The molecule has 4 heteroatoms. The topological polar surface area (TPSA) is 44.5 Å². The third-order valence-corrected chi connectivity index (χ3v) is 3.53. The first kappa shape index (κ1) is 13.9. The Morgan fingerprint density at radius 3 is 2.26 bits per heavy atom. The van der Waals surface area contributed by atoms with Crippen LogP contribution in [0.1, 0.15) is 17.2 Å². The van der Waals surface area contributed by atoms with Gasteiger partial charge in [0.2, 0.25) is 0 Å². The number of benzene rings is 2. The SMILES string of the molecule is COc1ccc(C(N)c2ccc(Br)cc2)c(OC)c1. The lowest BCUT2D eigenvalue weighted by Gasteiger charge is -2.17. The van der Waals surface area contributed by atoms with Gasteiger partial charge in [-0.15, -0.1) is 0 Å². The van der Waals surface area contributed by atoms with E-state index in [2.05, 4.69) is 15.9 Å². The first-order valence-electron chi connectivity index (χ1n) is 5.88. The molecular formula is C15H16BrNO2. The van der Waals surface area contributed by atoms with Gasteiger partial charge in [-0.1, -0.05) is 28.1 Å². The van der Waals surface area contributed by atoms with Crippen LogP contribution in [0, 0.1) is 0 Å². The van der Waals surface area contributed by atoms with Crippen LogP contribution in [0.15, 0.2) is 46.9 Å². The van der Waals surface area contributed by atoms with E-state index in [1.165, 1.54) is 0 Å². The molecule has 0 saturated heterocycles. The molecule has 2 aromatic carbocycles. The largest absolute Gasteiger partial charge is 0.497 e. The number of nitrogens with two attached hydrogens (primary N) is 1. The lowest BCUT2D eigenvalue weighted by Crippen LogP contribution is -2.13. The maximum Gasteiger partial charge on any atom is 0.127 e. The predicted octanol–water partition coefficient (Wildman–Crippen LogP) is 3.51. The standard InChI is InChI=1S/C15H16BrNO2/c1-18-12-7-8-13(14(9-12)19-2)15(17)10-3-5-11(16)6-4-10/h3-9,15H,17H2,1-2H3. The summed E-state index contributed by atoms with van der Waals surface area (Å²) >= 11 is 3.42. The summed E-state index contributed by atoms with van der Waals surface area (Å²) in [5.41, 5.74) is 8.27. The molecule has 19 heavy (non-hydrogen) atoms. The monoisotopic (exact) mass is 321 g/mol. The minimum atomic E-state index is -0.228. The summed E-state index contributed by atoms with van der Waals surface area (Å²) in [4.78, 5) is 0. The summed E-state index contributed by atoms with van der Waals surface area (Å²) in [5.74, 6) is 1.48. The average Bonchev–Trinajstić information content (AvgIpc) is 2.46. The van der Waals surface area contributed by atoms with E-state index in [1.54, 1.807) is 14.2 Å². The van der Waals surface area contributed by atoms with Crippen LogP contribution >= 0.6 is 15.9 Å². The number of hydrogen-bond donors (Lipinski definition) is 1. The van der Waals surface area contributed by atoms with Crippen molar-refractivity contribution in [2.45, 2.75) is 6.04 Å². The average molecular weight is 322 g/mol. The van der Waals surface area contributed by atoms with Crippen LogP contribution in [0.3, 0.4) is 0 Å². The molecule has 0 aliphatic rings. The van der Waals surface area contributed by atoms with E-state index in [0.717, 1.165) is 27.1 Å². The smallest absolute Gasteiger partial charge is 0.127 e. The molecule has 0 aliphatic carbocycles. The summed E-state index contributed by atoms with van der Waals surface area (Å²) in [7, 11) is 3.26. The van der Waals surface area contributed by atoms with Crippen LogP contribution in [0.2, 0.25) is 0 Å². The van der Waals surface area contributed by atoms with Crippen LogP contribution in [-0.4, -0.2) is 14.2 Å². The minimum Gasteiger partial charge on any atom is -0.497 e. The Bertz CT molecular complexity index is 555. The maximum absolute atomic E-state index is 6.30.